The molecule has 0 radical (unpaired) electrons. The maximum Gasteiger partial charge on any atom is 0.596 e. The van der Waals surface area contributed by atoms with Crippen molar-refractivity contribution in [2.45, 2.75) is 34.1 Å². The Morgan fingerprint density at radius 2 is 1.29 bits per heavy atom. The van der Waals surface area contributed by atoms with E-state index in [1.54, 1.807) is 0 Å². The summed E-state index contributed by atoms with van der Waals surface area (Å²) in [6.45, 7) is 12.5. The fourth-order valence-corrected chi connectivity index (χ4v) is 3.58. The first-order valence-electron chi connectivity index (χ1n) is 6.62. The quantitative estimate of drug-likeness (QED) is 0.409. The Morgan fingerprint density at radius 1 is 0.765 bits per heavy atom. The van der Waals surface area contributed by atoms with Crippen LogP contribution in [0.25, 0.3) is 0 Å². The maximum absolute atomic E-state index is 5.67. The molecule has 0 aromatic heterocycles. The van der Waals surface area contributed by atoms with E-state index in [-0.39, 0.29) is 0 Å². The topological polar surface area (TPSA) is 51.8 Å². The van der Waals surface area contributed by atoms with Crippen molar-refractivity contribution < 1.29 is 13.3 Å². The largest absolute Gasteiger partial charge is 0.596 e. The van der Waals surface area contributed by atoms with Gasteiger partial charge in [0, 0.05) is 32.9 Å². The Labute approximate surface area is 107 Å². The summed E-state index contributed by atoms with van der Waals surface area (Å²) in [7, 11) is -2.65. The Hall–Kier alpha value is 0.0169. The average molecular weight is 264 g/mol. The van der Waals surface area contributed by atoms with E-state index in [2.05, 4.69) is 17.2 Å². The summed E-state index contributed by atoms with van der Waals surface area (Å²) in [5.41, 5.74) is 0. The lowest BCUT2D eigenvalue weighted by molar-refractivity contribution is 0.0601. The average Bonchev–Trinajstić information content (AvgIpc) is 2.30. The van der Waals surface area contributed by atoms with Gasteiger partial charge >= 0.3 is 8.97 Å². The predicted molar refractivity (Wildman–Crippen MR) is 71.8 cm³/mol. The number of hydrogen-bond donors (Lipinski definition) is 2. The molecule has 5 nitrogen and oxygen atoms in total. The van der Waals surface area contributed by atoms with Crippen LogP contribution >= 0.6 is 0 Å². The minimum absolute atomic E-state index is 0.599. The molecule has 0 spiro atoms. The van der Waals surface area contributed by atoms with Gasteiger partial charge in [0.25, 0.3) is 0 Å². The van der Waals surface area contributed by atoms with Crippen LogP contribution in [0.3, 0.4) is 0 Å². The first kappa shape index (κ1) is 17.0. The van der Waals surface area contributed by atoms with E-state index in [1.807, 2.05) is 20.8 Å². The Kier molecular flexibility index (Phi) is 11.1. The molecular formula is C11H28N2O3Si. The SMILES string of the molecule is CCCNCCN[Si](OCC)(OCC)OCC. The van der Waals surface area contributed by atoms with Gasteiger partial charge < -0.3 is 18.6 Å². The smallest absolute Gasteiger partial charge is 0.361 e. The highest BCUT2D eigenvalue weighted by Crippen LogP contribution is 2.05. The van der Waals surface area contributed by atoms with Gasteiger partial charge in [-0.2, -0.15) is 0 Å². The van der Waals surface area contributed by atoms with Crippen LogP contribution in [0.5, 0.6) is 0 Å². The van der Waals surface area contributed by atoms with Gasteiger partial charge in [-0.15, -0.1) is 0 Å². The second kappa shape index (κ2) is 11.1. The van der Waals surface area contributed by atoms with Crippen LogP contribution in [0.1, 0.15) is 34.1 Å². The molecule has 104 valence electrons. The van der Waals surface area contributed by atoms with E-state index in [1.165, 1.54) is 0 Å². The van der Waals surface area contributed by atoms with Crippen molar-refractivity contribution in [3.05, 3.63) is 0 Å². The third-order valence-electron chi connectivity index (χ3n) is 2.07. The monoisotopic (exact) mass is 264 g/mol. The lowest BCUT2D eigenvalue weighted by Crippen LogP contribution is -2.60. The van der Waals surface area contributed by atoms with Crippen LogP contribution in [0.15, 0.2) is 0 Å². The fraction of sp³-hybridized carbons (Fsp3) is 1.00. The Bertz CT molecular complexity index is 156. The Balaban J connectivity index is 4.05. The van der Waals surface area contributed by atoms with Crippen LogP contribution in [0.2, 0.25) is 0 Å². The third-order valence-corrected chi connectivity index (χ3v) is 4.76. The second-order valence-electron chi connectivity index (χ2n) is 3.53. The zero-order valence-electron chi connectivity index (χ0n) is 11.7. The molecule has 0 fully saturated rings. The number of hydrogen-bond acceptors (Lipinski definition) is 5. The standard InChI is InChI=1S/C11H28N2O3Si/c1-5-9-12-10-11-13-17(14-6-2,15-7-3)16-8-4/h12-13H,5-11H2,1-4H3. The van der Waals surface area contributed by atoms with E-state index >= 15 is 0 Å². The molecule has 0 saturated carbocycles. The molecule has 0 heterocycles. The molecule has 17 heavy (non-hydrogen) atoms. The van der Waals surface area contributed by atoms with Gasteiger partial charge in [0.1, 0.15) is 0 Å². The molecule has 0 aliphatic rings. The summed E-state index contributed by atoms with van der Waals surface area (Å²) in [5.74, 6) is 0. The van der Waals surface area contributed by atoms with Crippen molar-refractivity contribution in [1.29, 1.82) is 0 Å². The molecule has 0 amide bonds. The third kappa shape index (κ3) is 7.85. The zero-order chi connectivity index (χ0) is 13.0. The summed E-state index contributed by atoms with van der Waals surface area (Å²) in [4.78, 5) is 3.30. The van der Waals surface area contributed by atoms with Crippen LogP contribution in [-0.4, -0.2) is 48.4 Å². The molecule has 0 aromatic carbocycles. The molecule has 0 saturated heterocycles. The van der Waals surface area contributed by atoms with Gasteiger partial charge in [-0.25, -0.2) is 0 Å². The van der Waals surface area contributed by atoms with Crippen molar-refractivity contribution in [1.82, 2.24) is 10.3 Å². The zero-order valence-corrected chi connectivity index (χ0v) is 12.7. The van der Waals surface area contributed by atoms with Crippen molar-refractivity contribution >= 4 is 8.97 Å². The summed E-state index contributed by atoms with van der Waals surface area (Å²) in [6.07, 6.45) is 1.14. The number of rotatable bonds is 12. The lowest BCUT2D eigenvalue weighted by Gasteiger charge is -2.28. The summed E-state index contributed by atoms with van der Waals surface area (Å²) < 4.78 is 17.0. The number of nitrogens with one attached hydrogen (secondary N) is 2. The second-order valence-corrected chi connectivity index (χ2v) is 5.86. The van der Waals surface area contributed by atoms with Crippen LogP contribution < -0.4 is 10.3 Å². The normalized spacial score (nSPS) is 12.0. The molecule has 0 aliphatic carbocycles. The highest BCUT2D eigenvalue weighted by atomic mass is 28.4. The molecule has 0 aromatic rings. The molecule has 0 bridgehead atoms. The van der Waals surface area contributed by atoms with E-state index in [9.17, 15) is 0 Å². The van der Waals surface area contributed by atoms with Crippen molar-refractivity contribution in [2.24, 2.45) is 0 Å². The van der Waals surface area contributed by atoms with E-state index in [0.717, 1.165) is 26.1 Å². The van der Waals surface area contributed by atoms with E-state index in [4.69, 9.17) is 13.3 Å². The van der Waals surface area contributed by atoms with Gasteiger partial charge in [0.2, 0.25) is 0 Å². The van der Waals surface area contributed by atoms with E-state index < -0.39 is 8.97 Å². The van der Waals surface area contributed by atoms with E-state index in [0.29, 0.717) is 19.8 Å². The summed E-state index contributed by atoms with van der Waals surface area (Å²) in [6, 6.07) is 0. The maximum atomic E-state index is 5.67. The molecule has 6 heteroatoms. The minimum atomic E-state index is -2.65. The van der Waals surface area contributed by atoms with Crippen LogP contribution in [0, 0.1) is 0 Å². The summed E-state index contributed by atoms with van der Waals surface area (Å²) in [5, 5.41) is 3.33. The first-order valence-corrected chi connectivity index (χ1v) is 8.34. The predicted octanol–water partition coefficient (Wildman–Crippen LogP) is 1.12. The van der Waals surface area contributed by atoms with Gasteiger partial charge in [-0.3, -0.25) is 4.98 Å². The highest BCUT2D eigenvalue weighted by molar-refractivity contribution is 6.57. The lowest BCUT2D eigenvalue weighted by atomic mass is 10.5. The fourth-order valence-electron chi connectivity index (χ4n) is 1.45. The van der Waals surface area contributed by atoms with Crippen molar-refractivity contribution in [2.75, 3.05) is 39.5 Å². The highest BCUT2D eigenvalue weighted by Gasteiger charge is 2.40. The molecule has 0 aliphatic heterocycles. The van der Waals surface area contributed by atoms with Crippen LogP contribution in [-0.2, 0) is 13.3 Å². The Morgan fingerprint density at radius 3 is 1.71 bits per heavy atom. The summed E-state index contributed by atoms with van der Waals surface area (Å²) >= 11 is 0. The van der Waals surface area contributed by atoms with Crippen LogP contribution in [0.4, 0.5) is 0 Å². The molecular weight excluding hydrogens is 236 g/mol. The minimum Gasteiger partial charge on any atom is -0.361 e. The van der Waals surface area contributed by atoms with Gasteiger partial charge in [0.05, 0.1) is 0 Å². The van der Waals surface area contributed by atoms with Gasteiger partial charge in [0.15, 0.2) is 0 Å². The van der Waals surface area contributed by atoms with Gasteiger partial charge in [-0.1, -0.05) is 6.92 Å². The van der Waals surface area contributed by atoms with Gasteiger partial charge in [-0.05, 0) is 33.7 Å². The molecule has 0 unspecified atom stereocenters. The molecule has 0 rings (SSSR count). The van der Waals surface area contributed by atoms with Crippen molar-refractivity contribution in [3.8, 4) is 0 Å². The molecule has 2 N–H and O–H groups in total. The first-order chi connectivity index (χ1) is 8.24. The molecule has 0 atom stereocenters. The van der Waals surface area contributed by atoms with Crippen molar-refractivity contribution in [3.63, 3.8) is 0 Å².